The molecule has 2 atom stereocenters. The number of benzene rings is 1. The molecular formula is C19H27N5O3. The largest absolute Gasteiger partial charge is 0.354 e. The number of primary amides is 1. The second-order valence-corrected chi connectivity index (χ2v) is 7.22. The molecule has 4 amide bonds. The summed E-state index contributed by atoms with van der Waals surface area (Å²) in [5.41, 5.74) is 6.21. The van der Waals surface area contributed by atoms with Crippen LogP contribution in [0.5, 0.6) is 0 Å². The molecule has 5 N–H and O–H groups in total. The van der Waals surface area contributed by atoms with E-state index < -0.39 is 6.03 Å². The normalized spacial score (nSPS) is 22.3. The predicted octanol–water partition coefficient (Wildman–Crippen LogP) is 0.898. The maximum Gasteiger partial charge on any atom is 0.316 e. The van der Waals surface area contributed by atoms with Crippen LogP contribution in [0.15, 0.2) is 24.3 Å². The van der Waals surface area contributed by atoms with Crippen molar-refractivity contribution < 1.29 is 14.4 Å². The molecular weight excluding hydrogens is 346 g/mol. The Morgan fingerprint density at radius 2 is 1.93 bits per heavy atom. The molecule has 8 heteroatoms. The fraction of sp³-hybridized carbons (Fsp3) is 0.526. The van der Waals surface area contributed by atoms with Crippen LogP contribution in [0, 0.1) is 5.92 Å². The molecule has 0 bridgehead atoms. The van der Waals surface area contributed by atoms with Crippen molar-refractivity contribution in [3.05, 3.63) is 29.8 Å². The van der Waals surface area contributed by atoms with Crippen molar-refractivity contribution in [2.24, 2.45) is 11.7 Å². The third kappa shape index (κ3) is 5.19. The number of nitrogens with zero attached hydrogens (tertiary/aromatic N) is 1. The van der Waals surface area contributed by atoms with Crippen molar-refractivity contribution in [2.75, 3.05) is 31.5 Å². The van der Waals surface area contributed by atoms with Gasteiger partial charge in [0.15, 0.2) is 0 Å². The van der Waals surface area contributed by atoms with Gasteiger partial charge in [-0.25, -0.2) is 4.79 Å². The first-order valence-corrected chi connectivity index (χ1v) is 9.50. The summed E-state index contributed by atoms with van der Waals surface area (Å²) in [6.45, 7) is 2.85. The van der Waals surface area contributed by atoms with Crippen molar-refractivity contribution in [2.45, 2.75) is 31.7 Å². The lowest BCUT2D eigenvalue weighted by Crippen LogP contribution is -2.46. The molecule has 0 spiro atoms. The Labute approximate surface area is 158 Å². The molecule has 0 radical (unpaired) electrons. The summed E-state index contributed by atoms with van der Waals surface area (Å²) in [7, 11) is 0. The fourth-order valence-corrected chi connectivity index (χ4v) is 3.71. The highest BCUT2D eigenvalue weighted by molar-refractivity contribution is 5.95. The van der Waals surface area contributed by atoms with Crippen LogP contribution < -0.4 is 21.7 Å². The second kappa shape index (κ2) is 8.85. The quantitative estimate of drug-likeness (QED) is 0.613. The van der Waals surface area contributed by atoms with E-state index in [0.29, 0.717) is 24.3 Å². The van der Waals surface area contributed by atoms with Crippen LogP contribution in [0.1, 0.15) is 36.0 Å². The van der Waals surface area contributed by atoms with E-state index in [1.807, 2.05) is 4.90 Å². The van der Waals surface area contributed by atoms with E-state index in [-0.39, 0.29) is 23.8 Å². The van der Waals surface area contributed by atoms with Gasteiger partial charge in [0.1, 0.15) is 0 Å². The van der Waals surface area contributed by atoms with Crippen LogP contribution in [0.3, 0.4) is 0 Å². The summed E-state index contributed by atoms with van der Waals surface area (Å²) in [6, 6.07) is 5.99. The number of amides is 4. The molecule has 2 aliphatic heterocycles. The molecule has 1 aromatic rings. The third-order valence-corrected chi connectivity index (χ3v) is 5.15. The number of hydrogen-bond donors (Lipinski definition) is 4. The zero-order valence-corrected chi connectivity index (χ0v) is 15.4. The van der Waals surface area contributed by atoms with Crippen LogP contribution in [-0.2, 0) is 4.79 Å². The van der Waals surface area contributed by atoms with Gasteiger partial charge in [-0.3, -0.25) is 9.59 Å². The Balaban J connectivity index is 1.51. The highest BCUT2D eigenvalue weighted by atomic mass is 16.2. The summed E-state index contributed by atoms with van der Waals surface area (Å²) >= 11 is 0. The molecule has 2 fully saturated rings. The topological polar surface area (TPSA) is 117 Å². The maximum absolute atomic E-state index is 12.7. The molecule has 0 saturated carbocycles. The second-order valence-electron chi connectivity index (χ2n) is 7.22. The predicted molar refractivity (Wildman–Crippen MR) is 102 cm³/mol. The van der Waals surface area contributed by atoms with Gasteiger partial charge in [-0.15, -0.1) is 0 Å². The molecule has 27 heavy (non-hydrogen) atoms. The highest BCUT2D eigenvalue weighted by Crippen LogP contribution is 2.19. The number of anilines is 1. The van der Waals surface area contributed by atoms with Crippen molar-refractivity contribution in [3.63, 3.8) is 0 Å². The first-order chi connectivity index (χ1) is 13.0. The lowest BCUT2D eigenvalue weighted by molar-refractivity contribution is -0.123. The van der Waals surface area contributed by atoms with E-state index in [2.05, 4.69) is 16.0 Å². The van der Waals surface area contributed by atoms with Crippen molar-refractivity contribution in [1.82, 2.24) is 15.5 Å². The van der Waals surface area contributed by atoms with E-state index in [9.17, 15) is 14.4 Å². The van der Waals surface area contributed by atoms with E-state index in [0.717, 1.165) is 38.8 Å². The number of piperidine rings is 1. The number of likely N-dealkylation sites (tertiary alicyclic amines) is 1. The average molecular weight is 373 g/mol. The zero-order chi connectivity index (χ0) is 19.2. The lowest BCUT2D eigenvalue weighted by atomic mass is 9.97. The van der Waals surface area contributed by atoms with E-state index in [1.165, 1.54) is 0 Å². The van der Waals surface area contributed by atoms with Crippen molar-refractivity contribution >= 4 is 23.5 Å². The van der Waals surface area contributed by atoms with Gasteiger partial charge in [0, 0.05) is 30.9 Å². The van der Waals surface area contributed by atoms with Gasteiger partial charge in [0.25, 0.3) is 5.91 Å². The first kappa shape index (κ1) is 19.2. The standard InChI is InChI=1S/C19H27N5O3/c20-19(27)23-15-7-5-14(6-8-15)18(26)24-10-2-3-13(12-24)11-22-17(25)16-4-1-9-21-16/h5-8,13,16,21H,1-4,9-12H2,(H,22,25)(H3,20,23,27). The third-order valence-electron chi connectivity index (χ3n) is 5.15. The number of rotatable bonds is 5. The van der Waals surface area contributed by atoms with Gasteiger partial charge in [-0.05, 0) is 62.4 Å². The minimum Gasteiger partial charge on any atom is -0.354 e. The highest BCUT2D eigenvalue weighted by Gasteiger charge is 2.26. The summed E-state index contributed by atoms with van der Waals surface area (Å²) in [5.74, 6) is 0.298. The number of nitrogens with one attached hydrogen (secondary N) is 3. The van der Waals surface area contributed by atoms with Crippen LogP contribution in [0.4, 0.5) is 10.5 Å². The Kier molecular flexibility index (Phi) is 6.28. The fourth-order valence-electron chi connectivity index (χ4n) is 3.71. The molecule has 2 heterocycles. The summed E-state index contributed by atoms with van der Waals surface area (Å²) in [5, 5.41) is 8.70. The number of carbonyl (C=O) groups excluding carboxylic acids is 3. The smallest absolute Gasteiger partial charge is 0.316 e. The molecule has 2 aliphatic rings. The van der Waals surface area contributed by atoms with Gasteiger partial charge in [0.2, 0.25) is 5.91 Å². The van der Waals surface area contributed by atoms with Crippen LogP contribution >= 0.6 is 0 Å². The molecule has 2 saturated heterocycles. The first-order valence-electron chi connectivity index (χ1n) is 9.50. The Morgan fingerprint density at radius 1 is 1.15 bits per heavy atom. The van der Waals surface area contributed by atoms with Crippen LogP contribution in [0.2, 0.25) is 0 Å². The molecule has 2 unspecified atom stereocenters. The summed E-state index contributed by atoms with van der Waals surface area (Å²) < 4.78 is 0. The number of hydrogen-bond acceptors (Lipinski definition) is 4. The van der Waals surface area contributed by atoms with Gasteiger partial charge >= 0.3 is 6.03 Å². The van der Waals surface area contributed by atoms with Gasteiger partial charge in [-0.2, -0.15) is 0 Å². The van der Waals surface area contributed by atoms with Gasteiger partial charge in [0.05, 0.1) is 6.04 Å². The van der Waals surface area contributed by atoms with Gasteiger partial charge in [-0.1, -0.05) is 0 Å². The average Bonchev–Trinajstić information content (AvgIpc) is 3.21. The summed E-state index contributed by atoms with van der Waals surface area (Å²) in [4.78, 5) is 37.6. The molecule has 0 aromatic heterocycles. The number of carbonyl (C=O) groups is 3. The van der Waals surface area contributed by atoms with E-state index in [1.54, 1.807) is 24.3 Å². The Hall–Kier alpha value is -2.61. The minimum absolute atomic E-state index is 0.0332. The molecule has 1 aromatic carbocycles. The Bertz CT molecular complexity index is 685. The zero-order valence-electron chi connectivity index (χ0n) is 15.4. The molecule has 0 aliphatic carbocycles. The number of urea groups is 1. The lowest BCUT2D eigenvalue weighted by Gasteiger charge is -2.33. The summed E-state index contributed by atoms with van der Waals surface area (Å²) in [6.07, 6.45) is 3.86. The minimum atomic E-state index is -0.636. The van der Waals surface area contributed by atoms with E-state index in [4.69, 9.17) is 5.73 Å². The van der Waals surface area contributed by atoms with Crippen LogP contribution in [0.25, 0.3) is 0 Å². The van der Waals surface area contributed by atoms with E-state index >= 15 is 0 Å². The monoisotopic (exact) mass is 373 g/mol. The molecule has 8 nitrogen and oxygen atoms in total. The number of nitrogens with two attached hydrogens (primary N) is 1. The maximum atomic E-state index is 12.7. The molecule has 3 rings (SSSR count). The van der Waals surface area contributed by atoms with Crippen LogP contribution in [-0.4, -0.2) is 55.0 Å². The van der Waals surface area contributed by atoms with Crippen molar-refractivity contribution in [1.29, 1.82) is 0 Å². The Morgan fingerprint density at radius 3 is 2.59 bits per heavy atom. The van der Waals surface area contributed by atoms with Crippen molar-refractivity contribution in [3.8, 4) is 0 Å². The SMILES string of the molecule is NC(=O)Nc1ccc(C(=O)N2CCCC(CNC(=O)C3CCCN3)C2)cc1. The van der Waals surface area contributed by atoms with Gasteiger partial charge < -0.3 is 26.6 Å². The molecule has 146 valence electrons.